The average molecular weight is 408 g/mol. The number of halogens is 2. The molecule has 0 spiro atoms. The summed E-state index contributed by atoms with van der Waals surface area (Å²) in [7, 11) is -2.45. The molecule has 1 aliphatic heterocycles. The molecule has 0 aromatic heterocycles. The number of sulfone groups is 1. The zero-order valence-electron chi connectivity index (χ0n) is 15.7. The molecule has 0 unspecified atom stereocenters. The van der Waals surface area contributed by atoms with Crippen molar-refractivity contribution in [1.29, 1.82) is 0 Å². The molecule has 0 N–H and O–H groups in total. The van der Waals surface area contributed by atoms with Crippen molar-refractivity contribution in [2.45, 2.75) is 41.9 Å². The Hall–Kier alpha value is -1.99. The van der Waals surface area contributed by atoms with Gasteiger partial charge in [-0.3, -0.25) is 0 Å². The van der Waals surface area contributed by atoms with Gasteiger partial charge in [-0.25, -0.2) is 17.2 Å². The lowest BCUT2D eigenvalue weighted by Gasteiger charge is -2.48. The molecule has 1 saturated carbocycles. The third-order valence-corrected chi connectivity index (χ3v) is 8.69. The summed E-state index contributed by atoms with van der Waals surface area (Å²) >= 11 is 0. The molecule has 4 nitrogen and oxygen atoms in total. The SMILES string of the molecule is CO[C@@H]1CC[C@@]2(S(=O)(=O)c3ccc(C)cc3)c3c(F)ccc(F)c3OC[C@H]2C1. The second-order valence-corrected chi connectivity index (χ2v) is 9.79. The Morgan fingerprint density at radius 3 is 2.46 bits per heavy atom. The lowest BCUT2D eigenvalue weighted by Crippen LogP contribution is -2.53. The van der Waals surface area contributed by atoms with Crippen LogP contribution in [0.4, 0.5) is 8.78 Å². The molecule has 0 bridgehead atoms. The van der Waals surface area contributed by atoms with Crippen molar-refractivity contribution in [1.82, 2.24) is 0 Å². The Kier molecular flexibility index (Phi) is 4.70. The number of ether oxygens (including phenoxy) is 2. The van der Waals surface area contributed by atoms with Crippen molar-refractivity contribution < 1.29 is 26.7 Å². The molecule has 2 aromatic carbocycles. The predicted octanol–water partition coefficient (Wildman–Crippen LogP) is 4.15. The molecule has 0 saturated heterocycles. The molecule has 150 valence electrons. The summed E-state index contributed by atoms with van der Waals surface area (Å²) in [5.41, 5.74) is 0.736. The van der Waals surface area contributed by atoms with Gasteiger partial charge in [0.05, 0.1) is 23.2 Å². The van der Waals surface area contributed by atoms with Crippen molar-refractivity contribution in [2.24, 2.45) is 5.92 Å². The average Bonchev–Trinajstić information content (AvgIpc) is 2.69. The first-order valence-corrected chi connectivity index (χ1v) is 10.7. The van der Waals surface area contributed by atoms with Crippen LogP contribution < -0.4 is 4.74 Å². The van der Waals surface area contributed by atoms with Crippen LogP contribution in [0.15, 0.2) is 41.3 Å². The first-order chi connectivity index (χ1) is 13.3. The molecule has 28 heavy (non-hydrogen) atoms. The van der Waals surface area contributed by atoms with Crippen LogP contribution in [0, 0.1) is 24.5 Å². The molecule has 0 radical (unpaired) electrons. The minimum Gasteiger partial charge on any atom is -0.490 e. The van der Waals surface area contributed by atoms with Crippen LogP contribution in [0.1, 0.15) is 30.4 Å². The minimum absolute atomic E-state index is 0.00166. The minimum atomic E-state index is -4.03. The van der Waals surface area contributed by atoms with Crippen LogP contribution in [0.5, 0.6) is 5.75 Å². The van der Waals surface area contributed by atoms with Gasteiger partial charge in [0.1, 0.15) is 10.6 Å². The van der Waals surface area contributed by atoms with Gasteiger partial charge in [-0.15, -0.1) is 0 Å². The first kappa shape index (κ1) is 19.3. The van der Waals surface area contributed by atoms with E-state index in [0.717, 1.165) is 17.7 Å². The van der Waals surface area contributed by atoms with Gasteiger partial charge in [-0.1, -0.05) is 17.7 Å². The van der Waals surface area contributed by atoms with Gasteiger partial charge < -0.3 is 9.47 Å². The zero-order chi connectivity index (χ0) is 20.1. The van der Waals surface area contributed by atoms with Crippen molar-refractivity contribution in [3.8, 4) is 5.75 Å². The van der Waals surface area contributed by atoms with Crippen molar-refractivity contribution in [3.05, 3.63) is 59.2 Å². The Balaban J connectivity index is 1.99. The van der Waals surface area contributed by atoms with E-state index in [0.29, 0.717) is 12.8 Å². The third-order valence-electron chi connectivity index (χ3n) is 6.10. The van der Waals surface area contributed by atoms with Crippen molar-refractivity contribution in [3.63, 3.8) is 0 Å². The highest BCUT2D eigenvalue weighted by Gasteiger charge is 2.59. The van der Waals surface area contributed by atoms with Crippen LogP contribution in [0.3, 0.4) is 0 Å². The van der Waals surface area contributed by atoms with Crippen molar-refractivity contribution in [2.75, 3.05) is 13.7 Å². The van der Waals surface area contributed by atoms with E-state index in [1.54, 1.807) is 19.2 Å². The molecule has 2 aliphatic rings. The van der Waals surface area contributed by atoms with Gasteiger partial charge in [0.25, 0.3) is 0 Å². The van der Waals surface area contributed by atoms with Gasteiger partial charge in [0, 0.05) is 13.0 Å². The van der Waals surface area contributed by atoms with E-state index in [-0.39, 0.29) is 35.3 Å². The maximum atomic E-state index is 15.0. The van der Waals surface area contributed by atoms with E-state index >= 15 is 4.39 Å². The second kappa shape index (κ2) is 6.81. The predicted molar refractivity (Wildman–Crippen MR) is 100 cm³/mol. The van der Waals surface area contributed by atoms with E-state index in [9.17, 15) is 12.8 Å². The highest BCUT2D eigenvalue weighted by Crippen LogP contribution is 2.56. The second-order valence-electron chi connectivity index (χ2n) is 7.58. The van der Waals surface area contributed by atoms with Gasteiger partial charge in [-0.2, -0.15) is 0 Å². The summed E-state index contributed by atoms with van der Waals surface area (Å²) in [4.78, 5) is 0.107. The summed E-state index contributed by atoms with van der Waals surface area (Å²) in [6.45, 7) is 1.86. The smallest absolute Gasteiger partial charge is 0.188 e. The van der Waals surface area contributed by atoms with Gasteiger partial charge in [-0.05, 0) is 50.5 Å². The number of rotatable bonds is 3. The molecule has 1 aliphatic carbocycles. The van der Waals surface area contributed by atoms with E-state index < -0.39 is 32.1 Å². The van der Waals surface area contributed by atoms with Gasteiger partial charge in [0.15, 0.2) is 21.4 Å². The number of benzene rings is 2. The summed E-state index contributed by atoms with van der Waals surface area (Å²) in [6, 6.07) is 8.44. The van der Waals surface area contributed by atoms with Crippen molar-refractivity contribution >= 4 is 9.84 Å². The number of hydrogen-bond donors (Lipinski definition) is 0. The molecular formula is C21H22F2O4S. The lowest BCUT2D eigenvalue weighted by atomic mass is 9.72. The maximum Gasteiger partial charge on any atom is 0.188 e. The largest absolute Gasteiger partial charge is 0.490 e. The molecule has 7 heteroatoms. The zero-order valence-corrected chi connectivity index (χ0v) is 16.6. The summed E-state index contributed by atoms with van der Waals surface area (Å²) in [6.07, 6.45) is 0.834. The highest BCUT2D eigenvalue weighted by atomic mass is 32.2. The Morgan fingerprint density at radius 1 is 1.11 bits per heavy atom. The maximum absolute atomic E-state index is 15.0. The van der Waals surface area contributed by atoms with E-state index in [1.165, 1.54) is 12.1 Å². The van der Waals surface area contributed by atoms with Crippen LogP contribution in [0.2, 0.25) is 0 Å². The quantitative estimate of drug-likeness (QED) is 0.766. The first-order valence-electron chi connectivity index (χ1n) is 9.26. The normalized spacial score (nSPS) is 26.9. The van der Waals surface area contributed by atoms with Gasteiger partial charge in [0.2, 0.25) is 0 Å². The Morgan fingerprint density at radius 2 is 1.79 bits per heavy atom. The fourth-order valence-electron chi connectivity index (χ4n) is 4.62. The van der Waals surface area contributed by atoms with Crippen LogP contribution in [-0.4, -0.2) is 28.2 Å². The van der Waals surface area contributed by atoms with Crippen LogP contribution in [-0.2, 0) is 19.3 Å². The Bertz CT molecular complexity index is 1000. The molecule has 1 fully saturated rings. The van der Waals surface area contributed by atoms with E-state index in [4.69, 9.17) is 9.47 Å². The molecule has 2 aromatic rings. The molecular weight excluding hydrogens is 386 g/mol. The molecule has 0 amide bonds. The van der Waals surface area contributed by atoms with Crippen LogP contribution in [0.25, 0.3) is 0 Å². The van der Waals surface area contributed by atoms with E-state index in [2.05, 4.69) is 0 Å². The highest BCUT2D eigenvalue weighted by molar-refractivity contribution is 7.92. The fourth-order valence-corrected chi connectivity index (χ4v) is 6.98. The summed E-state index contributed by atoms with van der Waals surface area (Å²) < 4.78 is 66.6. The molecule has 4 rings (SSSR count). The van der Waals surface area contributed by atoms with Crippen LogP contribution >= 0.6 is 0 Å². The lowest BCUT2D eigenvalue weighted by molar-refractivity contribution is 0.0106. The number of methoxy groups -OCH3 is 1. The molecule has 3 atom stereocenters. The number of fused-ring (bicyclic) bond motifs is 3. The van der Waals surface area contributed by atoms with E-state index in [1.807, 2.05) is 6.92 Å². The van der Waals surface area contributed by atoms with Gasteiger partial charge >= 0.3 is 0 Å². The number of hydrogen-bond acceptors (Lipinski definition) is 4. The number of aryl methyl sites for hydroxylation is 1. The fraction of sp³-hybridized carbons (Fsp3) is 0.429. The molecule has 1 heterocycles. The standard InChI is InChI=1S/C21H22F2O4S/c1-13-3-5-16(6-4-13)28(24,25)21-10-9-15(26-2)11-14(21)12-27-20-18(23)8-7-17(22)19(20)21/h3-8,14-15H,9-12H2,1-2H3/t14-,15-,21+/m1/s1. The monoisotopic (exact) mass is 408 g/mol. The topological polar surface area (TPSA) is 52.6 Å². The third kappa shape index (κ3) is 2.67. The summed E-state index contributed by atoms with van der Waals surface area (Å²) in [5.74, 6) is -2.33. The Labute approximate surface area is 163 Å². The summed E-state index contributed by atoms with van der Waals surface area (Å²) in [5, 5.41) is 0.